The summed E-state index contributed by atoms with van der Waals surface area (Å²) in [6, 6.07) is -0.310. The van der Waals surface area contributed by atoms with Crippen LogP contribution in [0, 0.1) is 0 Å². The number of carboxylic acids is 1. The Kier molecular flexibility index (Phi) is 2.16. The number of hydrogen-bond acceptors (Lipinski definition) is 3. The third kappa shape index (κ3) is 1.51. The summed E-state index contributed by atoms with van der Waals surface area (Å²) in [7, 11) is 1.86. The number of nitrogens with zero attached hydrogens (tertiary/aromatic N) is 1. The van der Waals surface area contributed by atoms with Gasteiger partial charge in [0.1, 0.15) is 6.04 Å². The van der Waals surface area contributed by atoms with Gasteiger partial charge >= 0.3 is 5.97 Å². The van der Waals surface area contributed by atoms with Gasteiger partial charge in [-0.15, -0.1) is 11.8 Å². The molecule has 1 aliphatic heterocycles. The maximum Gasteiger partial charge on any atom is 0.321 e. The van der Waals surface area contributed by atoms with Crippen molar-refractivity contribution in [2.24, 2.45) is 0 Å². The molecule has 1 atom stereocenters. The first-order valence-corrected chi connectivity index (χ1v) is 4.53. The minimum Gasteiger partial charge on any atom is -0.480 e. The van der Waals surface area contributed by atoms with Gasteiger partial charge in [-0.05, 0) is 20.9 Å². The molecule has 0 spiro atoms. The van der Waals surface area contributed by atoms with Crippen molar-refractivity contribution in [3.8, 4) is 0 Å². The number of thioether (sulfide) groups is 1. The molecule has 1 aliphatic rings. The Balaban J connectivity index is 2.71. The van der Waals surface area contributed by atoms with Crippen LogP contribution in [0.15, 0.2) is 0 Å². The Hall–Kier alpha value is -0.220. The molecule has 1 heterocycles. The molecular formula is C7H13NO2S. The minimum absolute atomic E-state index is 0.0247. The third-order valence-corrected chi connectivity index (χ3v) is 3.67. The zero-order chi connectivity index (χ0) is 8.65. The highest BCUT2D eigenvalue weighted by molar-refractivity contribution is 8.00. The van der Waals surface area contributed by atoms with Crippen molar-refractivity contribution in [2.75, 3.05) is 12.8 Å². The maximum atomic E-state index is 10.6. The van der Waals surface area contributed by atoms with E-state index in [0.717, 1.165) is 0 Å². The van der Waals surface area contributed by atoms with Crippen LogP contribution in [0.25, 0.3) is 0 Å². The van der Waals surface area contributed by atoms with Crippen molar-refractivity contribution < 1.29 is 9.90 Å². The lowest BCUT2D eigenvalue weighted by molar-refractivity contribution is -0.142. The average Bonchev–Trinajstić information content (AvgIpc) is 2.09. The lowest BCUT2D eigenvalue weighted by atomic mass is 10.2. The highest BCUT2D eigenvalue weighted by Gasteiger charge is 2.40. The maximum absolute atomic E-state index is 10.6. The standard InChI is InChI=1S/C7H13NO2S/c1-7(2)8(3)5(4-11-7)6(9)10/h5H,4H2,1-3H3,(H,9,10). The Morgan fingerprint density at radius 3 is 2.45 bits per heavy atom. The van der Waals surface area contributed by atoms with E-state index in [1.54, 1.807) is 11.8 Å². The molecule has 11 heavy (non-hydrogen) atoms. The van der Waals surface area contributed by atoms with Crippen LogP contribution < -0.4 is 0 Å². The van der Waals surface area contributed by atoms with E-state index >= 15 is 0 Å². The second-order valence-corrected chi connectivity index (χ2v) is 4.84. The molecule has 0 saturated carbocycles. The summed E-state index contributed by atoms with van der Waals surface area (Å²) in [5.74, 6) is -0.0238. The Bertz CT molecular complexity index is 181. The molecule has 0 radical (unpaired) electrons. The van der Waals surface area contributed by atoms with Crippen LogP contribution in [0.1, 0.15) is 13.8 Å². The Morgan fingerprint density at radius 1 is 1.73 bits per heavy atom. The monoisotopic (exact) mass is 175 g/mol. The highest BCUT2D eigenvalue weighted by Crippen LogP contribution is 2.37. The molecule has 0 amide bonds. The van der Waals surface area contributed by atoms with E-state index in [1.807, 2.05) is 25.8 Å². The molecule has 4 heteroatoms. The van der Waals surface area contributed by atoms with Crippen LogP contribution in [0.4, 0.5) is 0 Å². The normalized spacial score (nSPS) is 30.6. The van der Waals surface area contributed by atoms with E-state index in [9.17, 15) is 4.79 Å². The van der Waals surface area contributed by atoms with Crippen LogP contribution in [-0.4, -0.2) is 39.7 Å². The summed E-state index contributed by atoms with van der Waals surface area (Å²) in [6.45, 7) is 4.08. The van der Waals surface area contributed by atoms with Crippen molar-refractivity contribution in [3.05, 3.63) is 0 Å². The molecule has 1 fully saturated rings. The highest BCUT2D eigenvalue weighted by atomic mass is 32.2. The molecule has 1 rings (SSSR count). The number of likely N-dealkylation sites (N-methyl/N-ethyl adjacent to an activating group) is 1. The van der Waals surface area contributed by atoms with Gasteiger partial charge in [-0.1, -0.05) is 0 Å². The summed E-state index contributed by atoms with van der Waals surface area (Å²) in [6.07, 6.45) is 0. The van der Waals surface area contributed by atoms with Gasteiger partial charge in [0, 0.05) is 5.75 Å². The zero-order valence-electron chi connectivity index (χ0n) is 7.00. The Morgan fingerprint density at radius 2 is 2.27 bits per heavy atom. The van der Waals surface area contributed by atoms with E-state index in [2.05, 4.69) is 0 Å². The van der Waals surface area contributed by atoms with E-state index in [0.29, 0.717) is 5.75 Å². The van der Waals surface area contributed by atoms with Crippen LogP contribution in [0.5, 0.6) is 0 Å². The fourth-order valence-corrected chi connectivity index (χ4v) is 2.37. The van der Waals surface area contributed by atoms with Crippen molar-refractivity contribution in [2.45, 2.75) is 24.8 Å². The van der Waals surface area contributed by atoms with E-state index in [1.165, 1.54) is 0 Å². The molecule has 1 N–H and O–H groups in total. The largest absolute Gasteiger partial charge is 0.480 e. The Labute approximate surface area is 70.8 Å². The molecule has 1 unspecified atom stereocenters. The molecular weight excluding hydrogens is 162 g/mol. The fraction of sp³-hybridized carbons (Fsp3) is 0.857. The van der Waals surface area contributed by atoms with Crippen LogP contribution in [0.3, 0.4) is 0 Å². The van der Waals surface area contributed by atoms with Crippen molar-refractivity contribution >= 4 is 17.7 Å². The average molecular weight is 175 g/mol. The lowest BCUT2D eigenvalue weighted by Gasteiger charge is -2.28. The van der Waals surface area contributed by atoms with Gasteiger partial charge in [0.25, 0.3) is 0 Å². The molecule has 0 aliphatic carbocycles. The fourth-order valence-electron chi connectivity index (χ4n) is 1.11. The molecule has 0 bridgehead atoms. The van der Waals surface area contributed by atoms with Gasteiger partial charge in [0.15, 0.2) is 0 Å². The zero-order valence-corrected chi connectivity index (χ0v) is 7.81. The van der Waals surface area contributed by atoms with Gasteiger partial charge in [-0.2, -0.15) is 0 Å². The SMILES string of the molecule is CN1C(C(=O)O)CSC1(C)C. The molecule has 0 aromatic rings. The van der Waals surface area contributed by atoms with Gasteiger partial charge in [-0.25, -0.2) is 0 Å². The summed E-state index contributed by atoms with van der Waals surface area (Å²) in [5, 5.41) is 8.76. The van der Waals surface area contributed by atoms with Gasteiger partial charge < -0.3 is 5.11 Å². The number of rotatable bonds is 1. The molecule has 64 valence electrons. The summed E-state index contributed by atoms with van der Waals surface area (Å²) >= 11 is 1.69. The smallest absolute Gasteiger partial charge is 0.321 e. The molecule has 1 saturated heterocycles. The first-order valence-electron chi connectivity index (χ1n) is 3.55. The molecule has 3 nitrogen and oxygen atoms in total. The quantitative estimate of drug-likeness (QED) is 0.641. The van der Waals surface area contributed by atoms with E-state index in [4.69, 9.17) is 5.11 Å². The van der Waals surface area contributed by atoms with Gasteiger partial charge in [0.2, 0.25) is 0 Å². The number of aliphatic carboxylic acids is 1. The van der Waals surface area contributed by atoms with Crippen molar-refractivity contribution in [3.63, 3.8) is 0 Å². The second-order valence-electron chi connectivity index (χ2n) is 3.22. The lowest BCUT2D eigenvalue weighted by Crippen LogP contribution is -2.43. The van der Waals surface area contributed by atoms with Gasteiger partial charge in [0.05, 0.1) is 4.87 Å². The first-order chi connectivity index (χ1) is 4.95. The van der Waals surface area contributed by atoms with Gasteiger partial charge in [-0.3, -0.25) is 9.69 Å². The summed E-state index contributed by atoms with van der Waals surface area (Å²) in [5.41, 5.74) is 0. The first kappa shape index (κ1) is 8.87. The second kappa shape index (κ2) is 2.68. The predicted octanol–water partition coefficient (Wildman–Crippen LogP) is 0.854. The number of hydrogen-bond donors (Lipinski definition) is 1. The molecule has 0 aromatic heterocycles. The van der Waals surface area contributed by atoms with Crippen LogP contribution >= 0.6 is 11.8 Å². The number of carboxylic acid groups (broad SMARTS) is 1. The minimum atomic E-state index is -0.717. The van der Waals surface area contributed by atoms with E-state index in [-0.39, 0.29) is 10.9 Å². The van der Waals surface area contributed by atoms with Crippen molar-refractivity contribution in [1.29, 1.82) is 0 Å². The van der Waals surface area contributed by atoms with E-state index < -0.39 is 5.97 Å². The number of carbonyl (C=O) groups is 1. The van der Waals surface area contributed by atoms with Crippen LogP contribution in [0.2, 0.25) is 0 Å². The summed E-state index contributed by atoms with van der Waals surface area (Å²) < 4.78 is 0. The van der Waals surface area contributed by atoms with Crippen molar-refractivity contribution in [1.82, 2.24) is 4.90 Å². The molecule has 0 aromatic carbocycles. The third-order valence-electron chi connectivity index (χ3n) is 2.20. The summed E-state index contributed by atoms with van der Waals surface area (Å²) in [4.78, 5) is 12.5. The van der Waals surface area contributed by atoms with Crippen LogP contribution in [-0.2, 0) is 4.79 Å². The predicted molar refractivity (Wildman–Crippen MR) is 45.7 cm³/mol. The topological polar surface area (TPSA) is 40.5 Å².